The summed E-state index contributed by atoms with van der Waals surface area (Å²) in [5.74, 6) is -3.67. The Hall–Kier alpha value is -2.94. The minimum atomic E-state index is -1.49. The number of anilines is 1. The van der Waals surface area contributed by atoms with Crippen LogP contribution in [0.15, 0.2) is 36.4 Å². The van der Waals surface area contributed by atoms with Crippen molar-refractivity contribution in [2.24, 2.45) is 17.6 Å². The van der Waals surface area contributed by atoms with Crippen LogP contribution in [0.5, 0.6) is 0 Å². The van der Waals surface area contributed by atoms with Gasteiger partial charge in [-0.1, -0.05) is 41.4 Å². The summed E-state index contributed by atoms with van der Waals surface area (Å²) in [5.41, 5.74) is 6.34. The van der Waals surface area contributed by atoms with Crippen LogP contribution in [-0.2, 0) is 31.3 Å². The standard InChI is InChI=1S/C24H22Cl2N4O4/c1-11-8-13(25)9-14-20(11)28-23(34)24(14)19-18(16(29-24)6-7-17(27)31)21(32)30(22(19)33)10-12-4-2-3-5-15(12)26/h2-5,8-9,16,18-19,29H,6-7,10H2,1H3,(H2,27,31)(H,28,34)/t16?,18-,19+,24?/m1/s1. The van der Waals surface area contributed by atoms with E-state index >= 15 is 0 Å². The number of hydrogen-bond donors (Lipinski definition) is 3. The number of carbonyl (C=O) groups excluding carboxylic acids is 4. The highest BCUT2D eigenvalue weighted by molar-refractivity contribution is 6.31. The fourth-order valence-corrected chi connectivity index (χ4v) is 6.06. The number of benzene rings is 2. The normalized spacial score (nSPS) is 27.3. The first-order chi connectivity index (χ1) is 16.1. The van der Waals surface area contributed by atoms with Crippen molar-refractivity contribution in [2.45, 2.75) is 37.9 Å². The second kappa shape index (κ2) is 8.08. The van der Waals surface area contributed by atoms with Crippen LogP contribution < -0.4 is 16.4 Å². The van der Waals surface area contributed by atoms with Gasteiger partial charge < -0.3 is 11.1 Å². The molecule has 3 aliphatic heterocycles. The van der Waals surface area contributed by atoms with Gasteiger partial charge in [-0.3, -0.25) is 29.4 Å². The van der Waals surface area contributed by atoms with Gasteiger partial charge >= 0.3 is 0 Å². The van der Waals surface area contributed by atoms with E-state index in [9.17, 15) is 19.2 Å². The molecule has 1 spiro atoms. The Morgan fingerprint density at radius 3 is 2.59 bits per heavy atom. The number of nitrogens with zero attached hydrogens (tertiary/aromatic N) is 1. The van der Waals surface area contributed by atoms with Crippen molar-refractivity contribution in [3.8, 4) is 0 Å². The van der Waals surface area contributed by atoms with Gasteiger partial charge in [-0.25, -0.2) is 0 Å². The molecule has 2 saturated heterocycles. The Morgan fingerprint density at radius 1 is 1.15 bits per heavy atom. The summed E-state index contributed by atoms with van der Waals surface area (Å²) < 4.78 is 0. The zero-order valence-corrected chi connectivity index (χ0v) is 19.7. The summed E-state index contributed by atoms with van der Waals surface area (Å²) in [6, 6.07) is 9.74. The Labute approximate surface area is 205 Å². The largest absolute Gasteiger partial charge is 0.370 e. The summed E-state index contributed by atoms with van der Waals surface area (Å²) >= 11 is 12.6. The minimum absolute atomic E-state index is 0.00595. The van der Waals surface area contributed by atoms with Gasteiger partial charge in [0.25, 0.3) is 0 Å². The molecular formula is C24H22Cl2N4O4. The van der Waals surface area contributed by atoms with Crippen molar-refractivity contribution >= 4 is 52.5 Å². The van der Waals surface area contributed by atoms with Crippen LogP contribution in [0.4, 0.5) is 5.69 Å². The molecular weight excluding hydrogens is 479 g/mol. The van der Waals surface area contributed by atoms with E-state index in [1.165, 1.54) is 4.90 Å². The van der Waals surface area contributed by atoms with Gasteiger partial charge in [-0.05, 0) is 42.7 Å². The van der Waals surface area contributed by atoms with Gasteiger partial charge in [-0.15, -0.1) is 0 Å². The van der Waals surface area contributed by atoms with Gasteiger partial charge in [0.2, 0.25) is 23.6 Å². The van der Waals surface area contributed by atoms with Crippen LogP contribution in [0.1, 0.15) is 29.5 Å². The van der Waals surface area contributed by atoms with E-state index in [1.54, 1.807) is 36.4 Å². The number of primary amides is 1. The lowest BCUT2D eigenvalue weighted by atomic mass is 9.76. The lowest BCUT2D eigenvalue weighted by molar-refractivity contribution is -0.143. The lowest BCUT2D eigenvalue weighted by Gasteiger charge is -2.29. The molecule has 10 heteroatoms. The molecule has 0 aliphatic carbocycles. The number of nitrogens with one attached hydrogen (secondary N) is 2. The lowest BCUT2D eigenvalue weighted by Crippen LogP contribution is -2.53. The molecule has 2 unspecified atom stereocenters. The average Bonchev–Trinajstić information content (AvgIpc) is 3.35. The number of amides is 4. The third kappa shape index (κ3) is 3.24. The van der Waals surface area contributed by atoms with Crippen molar-refractivity contribution < 1.29 is 19.2 Å². The molecule has 0 saturated carbocycles. The summed E-state index contributed by atoms with van der Waals surface area (Å²) in [6.07, 6.45) is 0.214. The summed E-state index contributed by atoms with van der Waals surface area (Å²) in [5, 5.41) is 6.99. The molecule has 2 aromatic carbocycles. The molecule has 2 aromatic rings. The molecule has 4 N–H and O–H groups in total. The first-order valence-corrected chi connectivity index (χ1v) is 11.7. The topological polar surface area (TPSA) is 122 Å². The molecule has 34 heavy (non-hydrogen) atoms. The van der Waals surface area contributed by atoms with Gasteiger partial charge in [0, 0.05) is 33.8 Å². The number of hydrogen-bond acceptors (Lipinski definition) is 5. The molecule has 8 nitrogen and oxygen atoms in total. The van der Waals surface area contributed by atoms with Crippen molar-refractivity contribution in [2.75, 3.05) is 5.32 Å². The van der Waals surface area contributed by atoms with Crippen molar-refractivity contribution in [1.29, 1.82) is 0 Å². The van der Waals surface area contributed by atoms with E-state index in [1.807, 2.05) is 6.92 Å². The van der Waals surface area contributed by atoms with E-state index in [2.05, 4.69) is 10.6 Å². The maximum atomic E-state index is 13.8. The maximum absolute atomic E-state index is 13.8. The smallest absolute Gasteiger partial charge is 0.250 e. The molecule has 176 valence electrons. The number of nitrogens with two attached hydrogens (primary N) is 1. The Kier molecular flexibility index (Phi) is 5.42. The van der Waals surface area contributed by atoms with Crippen LogP contribution in [-0.4, -0.2) is 34.6 Å². The van der Waals surface area contributed by atoms with Gasteiger partial charge in [0.1, 0.15) is 5.54 Å². The predicted octanol–water partition coefficient (Wildman–Crippen LogP) is 2.49. The second-order valence-electron chi connectivity index (χ2n) is 9.02. The molecule has 0 aromatic heterocycles. The Balaban J connectivity index is 1.62. The SMILES string of the molecule is Cc1cc(Cl)cc2c1NC(=O)C21NC(CCC(N)=O)[C@H]2C(=O)N(Cc3ccccc3Cl)C(=O)[C@H]21. The van der Waals surface area contributed by atoms with Crippen LogP contribution >= 0.6 is 23.2 Å². The number of halogens is 2. The van der Waals surface area contributed by atoms with E-state index in [-0.39, 0.29) is 19.4 Å². The van der Waals surface area contributed by atoms with Crippen molar-refractivity contribution in [3.05, 3.63) is 63.1 Å². The molecule has 3 aliphatic rings. The summed E-state index contributed by atoms with van der Waals surface area (Å²) in [7, 11) is 0. The Morgan fingerprint density at radius 2 is 1.88 bits per heavy atom. The molecule has 4 amide bonds. The minimum Gasteiger partial charge on any atom is -0.370 e. The van der Waals surface area contributed by atoms with Gasteiger partial charge in [0.15, 0.2) is 0 Å². The third-order valence-corrected chi connectivity index (χ3v) is 7.65. The van der Waals surface area contributed by atoms with Crippen LogP contribution in [0.3, 0.4) is 0 Å². The Bertz CT molecular complexity index is 1270. The zero-order valence-electron chi connectivity index (χ0n) is 18.2. The molecule has 0 bridgehead atoms. The summed E-state index contributed by atoms with van der Waals surface area (Å²) in [4.78, 5) is 53.6. The highest BCUT2D eigenvalue weighted by Crippen LogP contribution is 2.54. The molecule has 4 atom stereocenters. The van der Waals surface area contributed by atoms with Crippen LogP contribution in [0.25, 0.3) is 0 Å². The molecule has 3 heterocycles. The highest BCUT2D eigenvalue weighted by atomic mass is 35.5. The predicted molar refractivity (Wildman–Crippen MR) is 126 cm³/mol. The van der Waals surface area contributed by atoms with Crippen molar-refractivity contribution in [3.63, 3.8) is 0 Å². The maximum Gasteiger partial charge on any atom is 0.250 e. The number of aryl methyl sites for hydroxylation is 1. The average molecular weight is 501 g/mol. The fourth-order valence-electron chi connectivity index (χ4n) is 5.59. The summed E-state index contributed by atoms with van der Waals surface area (Å²) in [6.45, 7) is 1.80. The number of fused-ring (bicyclic) bond motifs is 4. The quantitative estimate of drug-likeness (QED) is 0.544. The van der Waals surface area contributed by atoms with E-state index < -0.39 is 47.0 Å². The number of carbonyl (C=O) groups is 4. The van der Waals surface area contributed by atoms with E-state index in [0.717, 1.165) is 5.56 Å². The third-order valence-electron chi connectivity index (χ3n) is 7.07. The first kappa shape index (κ1) is 22.8. The first-order valence-electron chi connectivity index (χ1n) is 10.9. The van der Waals surface area contributed by atoms with E-state index in [4.69, 9.17) is 28.9 Å². The zero-order chi connectivity index (χ0) is 24.4. The van der Waals surface area contributed by atoms with Gasteiger partial charge in [0.05, 0.1) is 18.4 Å². The van der Waals surface area contributed by atoms with Gasteiger partial charge in [-0.2, -0.15) is 0 Å². The van der Waals surface area contributed by atoms with E-state index in [0.29, 0.717) is 26.9 Å². The monoisotopic (exact) mass is 500 g/mol. The second-order valence-corrected chi connectivity index (χ2v) is 9.86. The van der Waals surface area contributed by atoms with Crippen LogP contribution in [0.2, 0.25) is 10.0 Å². The number of imide groups is 1. The molecule has 2 fully saturated rings. The fraction of sp³-hybridized carbons (Fsp3) is 0.333. The van der Waals surface area contributed by atoms with Crippen LogP contribution in [0, 0.1) is 18.8 Å². The number of rotatable bonds is 5. The van der Waals surface area contributed by atoms with Crippen molar-refractivity contribution in [1.82, 2.24) is 10.2 Å². The molecule has 0 radical (unpaired) electrons. The number of likely N-dealkylation sites (tertiary alicyclic amines) is 1. The highest BCUT2D eigenvalue weighted by Gasteiger charge is 2.70. The molecule has 5 rings (SSSR count).